The lowest BCUT2D eigenvalue weighted by atomic mass is 9.94. The Bertz CT molecular complexity index is 763. The monoisotopic (exact) mass is 338 g/mol. The van der Waals surface area contributed by atoms with Crippen LogP contribution < -0.4 is 5.32 Å². The maximum atomic E-state index is 12.5. The SMILES string of the molecule is CCc1cnccc1C(=O)NC[C@@H]1CC(=O)N(C)[C@H]1c1cccnc1. The first-order chi connectivity index (χ1) is 12.1. The van der Waals surface area contributed by atoms with Gasteiger partial charge in [-0.25, -0.2) is 0 Å². The molecule has 2 aromatic rings. The van der Waals surface area contributed by atoms with E-state index in [0.29, 0.717) is 18.5 Å². The van der Waals surface area contributed by atoms with Crippen LogP contribution in [0.2, 0.25) is 0 Å². The summed E-state index contributed by atoms with van der Waals surface area (Å²) in [6.07, 6.45) is 8.02. The Balaban J connectivity index is 1.73. The highest BCUT2D eigenvalue weighted by Gasteiger charge is 2.38. The summed E-state index contributed by atoms with van der Waals surface area (Å²) in [5.74, 6) is -0.00462. The average Bonchev–Trinajstić information content (AvgIpc) is 2.94. The van der Waals surface area contributed by atoms with Crippen molar-refractivity contribution in [2.24, 2.45) is 5.92 Å². The van der Waals surface area contributed by atoms with Crippen molar-refractivity contribution in [2.45, 2.75) is 25.8 Å². The first-order valence-electron chi connectivity index (χ1n) is 8.48. The van der Waals surface area contributed by atoms with Gasteiger partial charge in [-0.3, -0.25) is 19.6 Å². The summed E-state index contributed by atoms with van der Waals surface area (Å²) in [5.41, 5.74) is 2.56. The second-order valence-corrected chi connectivity index (χ2v) is 6.30. The molecule has 0 saturated carbocycles. The van der Waals surface area contributed by atoms with Crippen LogP contribution in [0, 0.1) is 5.92 Å². The molecule has 1 aliphatic heterocycles. The number of pyridine rings is 2. The lowest BCUT2D eigenvalue weighted by molar-refractivity contribution is -0.127. The molecule has 0 spiro atoms. The minimum atomic E-state index is -0.119. The summed E-state index contributed by atoms with van der Waals surface area (Å²) < 4.78 is 0. The number of hydrogen-bond donors (Lipinski definition) is 1. The summed E-state index contributed by atoms with van der Waals surface area (Å²) in [7, 11) is 1.81. The van der Waals surface area contributed by atoms with E-state index in [9.17, 15) is 9.59 Å². The van der Waals surface area contributed by atoms with Gasteiger partial charge in [-0.1, -0.05) is 13.0 Å². The van der Waals surface area contributed by atoms with Gasteiger partial charge in [0.2, 0.25) is 5.91 Å². The van der Waals surface area contributed by atoms with Gasteiger partial charge in [-0.05, 0) is 29.7 Å². The number of carbonyl (C=O) groups excluding carboxylic acids is 2. The molecule has 0 aromatic carbocycles. The Labute approximate surface area is 147 Å². The number of amides is 2. The first kappa shape index (κ1) is 17.1. The fraction of sp³-hybridized carbons (Fsp3) is 0.368. The van der Waals surface area contributed by atoms with E-state index in [-0.39, 0.29) is 23.8 Å². The Kier molecular flexibility index (Phi) is 5.07. The summed E-state index contributed by atoms with van der Waals surface area (Å²) in [6.45, 7) is 2.44. The van der Waals surface area contributed by atoms with Crippen LogP contribution >= 0.6 is 0 Å². The van der Waals surface area contributed by atoms with Crippen molar-refractivity contribution in [3.05, 3.63) is 59.7 Å². The van der Waals surface area contributed by atoms with Crippen molar-refractivity contribution in [2.75, 3.05) is 13.6 Å². The number of nitrogens with zero attached hydrogens (tertiary/aromatic N) is 3. The maximum Gasteiger partial charge on any atom is 0.251 e. The number of carbonyl (C=O) groups is 2. The molecule has 2 amide bonds. The quantitative estimate of drug-likeness (QED) is 0.905. The highest BCUT2D eigenvalue weighted by Crippen LogP contribution is 2.36. The van der Waals surface area contributed by atoms with Crippen molar-refractivity contribution >= 4 is 11.8 Å². The van der Waals surface area contributed by atoms with E-state index in [2.05, 4.69) is 15.3 Å². The van der Waals surface area contributed by atoms with Crippen LogP contribution in [-0.2, 0) is 11.2 Å². The molecule has 6 nitrogen and oxygen atoms in total. The fourth-order valence-electron chi connectivity index (χ4n) is 3.43. The van der Waals surface area contributed by atoms with Gasteiger partial charge in [-0.2, -0.15) is 0 Å². The average molecular weight is 338 g/mol. The predicted molar refractivity (Wildman–Crippen MR) is 93.8 cm³/mol. The number of rotatable bonds is 5. The molecule has 1 aliphatic rings. The second-order valence-electron chi connectivity index (χ2n) is 6.30. The number of likely N-dealkylation sites (tertiary alicyclic amines) is 1. The second kappa shape index (κ2) is 7.42. The molecule has 2 aromatic heterocycles. The number of nitrogens with one attached hydrogen (secondary N) is 1. The van der Waals surface area contributed by atoms with Crippen LogP contribution in [0.15, 0.2) is 43.0 Å². The van der Waals surface area contributed by atoms with E-state index < -0.39 is 0 Å². The van der Waals surface area contributed by atoms with Gasteiger partial charge in [0.15, 0.2) is 0 Å². The Hall–Kier alpha value is -2.76. The molecular formula is C19H22N4O2. The number of hydrogen-bond acceptors (Lipinski definition) is 4. The zero-order chi connectivity index (χ0) is 17.8. The lowest BCUT2D eigenvalue weighted by Gasteiger charge is -2.25. The molecule has 0 aliphatic carbocycles. The van der Waals surface area contributed by atoms with Gasteiger partial charge in [-0.15, -0.1) is 0 Å². The van der Waals surface area contributed by atoms with E-state index in [0.717, 1.165) is 17.5 Å². The molecule has 130 valence electrons. The van der Waals surface area contributed by atoms with Crippen LogP contribution in [0.25, 0.3) is 0 Å². The maximum absolute atomic E-state index is 12.5. The fourth-order valence-corrected chi connectivity index (χ4v) is 3.43. The molecule has 1 N–H and O–H groups in total. The van der Waals surface area contributed by atoms with Crippen LogP contribution in [0.5, 0.6) is 0 Å². The zero-order valence-electron chi connectivity index (χ0n) is 14.5. The topological polar surface area (TPSA) is 75.2 Å². The minimum absolute atomic E-state index is 0.0255. The largest absolute Gasteiger partial charge is 0.352 e. The van der Waals surface area contributed by atoms with E-state index in [1.807, 2.05) is 19.1 Å². The molecule has 25 heavy (non-hydrogen) atoms. The van der Waals surface area contributed by atoms with Crippen molar-refractivity contribution in [3.8, 4) is 0 Å². The van der Waals surface area contributed by atoms with Gasteiger partial charge in [0, 0.05) is 56.3 Å². The summed E-state index contributed by atoms with van der Waals surface area (Å²) in [5, 5.41) is 2.99. The third kappa shape index (κ3) is 3.52. The van der Waals surface area contributed by atoms with Crippen molar-refractivity contribution in [1.82, 2.24) is 20.2 Å². The van der Waals surface area contributed by atoms with E-state index in [1.54, 1.807) is 42.8 Å². The van der Waals surface area contributed by atoms with Crippen molar-refractivity contribution in [1.29, 1.82) is 0 Å². The smallest absolute Gasteiger partial charge is 0.251 e. The normalized spacial score (nSPS) is 19.9. The Morgan fingerprint density at radius 2 is 2.08 bits per heavy atom. The molecule has 0 unspecified atom stereocenters. The first-order valence-corrected chi connectivity index (χ1v) is 8.48. The van der Waals surface area contributed by atoms with Crippen molar-refractivity contribution in [3.63, 3.8) is 0 Å². The van der Waals surface area contributed by atoms with Crippen LogP contribution in [0.1, 0.15) is 40.9 Å². The zero-order valence-corrected chi connectivity index (χ0v) is 14.5. The van der Waals surface area contributed by atoms with Gasteiger partial charge in [0.25, 0.3) is 5.91 Å². The number of aryl methyl sites for hydroxylation is 1. The molecule has 3 heterocycles. The summed E-state index contributed by atoms with van der Waals surface area (Å²) >= 11 is 0. The van der Waals surface area contributed by atoms with Gasteiger partial charge in [0.1, 0.15) is 0 Å². The third-order valence-corrected chi connectivity index (χ3v) is 4.77. The Morgan fingerprint density at radius 1 is 1.28 bits per heavy atom. The standard InChI is InChI=1S/C19H22N4O2/c1-3-13-10-21-8-6-16(13)19(25)22-12-15-9-17(24)23(2)18(15)14-5-4-7-20-11-14/h4-8,10-11,15,18H,3,9,12H2,1-2H3,(H,22,25)/t15-,18-/m0/s1. The molecule has 1 saturated heterocycles. The third-order valence-electron chi connectivity index (χ3n) is 4.77. The summed E-state index contributed by atoms with van der Waals surface area (Å²) in [4.78, 5) is 34.7. The van der Waals surface area contributed by atoms with E-state index in [1.165, 1.54) is 0 Å². The molecule has 3 rings (SSSR count). The minimum Gasteiger partial charge on any atom is -0.352 e. The molecule has 6 heteroatoms. The van der Waals surface area contributed by atoms with Gasteiger partial charge >= 0.3 is 0 Å². The lowest BCUT2D eigenvalue weighted by Crippen LogP contribution is -2.33. The van der Waals surface area contributed by atoms with Gasteiger partial charge < -0.3 is 10.2 Å². The van der Waals surface area contributed by atoms with Crippen LogP contribution in [-0.4, -0.2) is 40.3 Å². The molecule has 2 atom stereocenters. The molecule has 0 radical (unpaired) electrons. The van der Waals surface area contributed by atoms with E-state index in [4.69, 9.17) is 0 Å². The summed E-state index contributed by atoms with van der Waals surface area (Å²) in [6, 6.07) is 5.51. The number of aromatic nitrogens is 2. The van der Waals surface area contributed by atoms with Crippen molar-refractivity contribution < 1.29 is 9.59 Å². The van der Waals surface area contributed by atoms with E-state index >= 15 is 0 Å². The Morgan fingerprint density at radius 3 is 2.80 bits per heavy atom. The molecule has 0 bridgehead atoms. The van der Waals surface area contributed by atoms with Gasteiger partial charge in [0.05, 0.1) is 6.04 Å². The van der Waals surface area contributed by atoms with Crippen LogP contribution in [0.4, 0.5) is 0 Å². The van der Waals surface area contributed by atoms with Crippen LogP contribution in [0.3, 0.4) is 0 Å². The highest BCUT2D eigenvalue weighted by atomic mass is 16.2. The highest BCUT2D eigenvalue weighted by molar-refractivity contribution is 5.95. The molecular weight excluding hydrogens is 316 g/mol. The predicted octanol–water partition coefficient (Wildman–Crippen LogP) is 1.99. The molecule has 1 fully saturated rings.